The van der Waals surface area contributed by atoms with Crippen molar-refractivity contribution in [3.05, 3.63) is 35.9 Å². The number of rotatable bonds is 3. The summed E-state index contributed by atoms with van der Waals surface area (Å²) in [5, 5.41) is 0. The molecule has 1 amide bonds. The van der Waals surface area contributed by atoms with Crippen LogP contribution < -0.4 is 5.73 Å². The van der Waals surface area contributed by atoms with Crippen LogP contribution in [0.2, 0.25) is 0 Å². The number of aliphatic imine (C=N–C) groups is 1. The van der Waals surface area contributed by atoms with E-state index in [2.05, 4.69) is 24.0 Å². The molecule has 0 aromatic heterocycles. The van der Waals surface area contributed by atoms with Gasteiger partial charge in [0.25, 0.3) is 0 Å². The summed E-state index contributed by atoms with van der Waals surface area (Å²) in [6.07, 6.45) is 1.23. The summed E-state index contributed by atoms with van der Waals surface area (Å²) in [6, 6.07) is 10.3. The highest BCUT2D eigenvalue weighted by atomic mass is 16.2. The Labute approximate surface area is 114 Å². The van der Waals surface area contributed by atoms with E-state index in [4.69, 9.17) is 5.73 Å². The molecule has 0 bridgehead atoms. The fourth-order valence-electron chi connectivity index (χ4n) is 2.64. The van der Waals surface area contributed by atoms with Crippen molar-refractivity contribution in [3.8, 4) is 0 Å². The smallest absolute Gasteiger partial charge is 0.231 e. The van der Waals surface area contributed by atoms with Crippen molar-refractivity contribution in [2.24, 2.45) is 10.7 Å². The average molecular weight is 259 g/mol. The van der Waals surface area contributed by atoms with Gasteiger partial charge in [0, 0.05) is 7.05 Å². The zero-order valence-electron chi connectivity index (χ0n) is 11.8. The maximum atomic E-state index is 11.9. The van der Waals surface area contributed by atoms with Gasteiger partial charge in [-0.05, 0) is 24.8 Å². The molecule has 0 spiro atoms. The molecule has 2 rings (SSSR count). The summed E-state index contributed by atoms with van der Waals surface area (Å²) in [4.78, 5) is 17.8. The van der Waals surface area contributed by atoms with E-state index in [9.17, 15) is 4.79 Å². The van der Waals surface area contributed by atoms with Crippen LogP contribution in [0.15, 0.2) is 35.3 Å². The highest BCUT2D eigenvalue weighted by Crippen LogP contribution is 2.33. The fraction of sp³-hybridized carbons (Fsp3) is 0.467. The third-order valence-corrected chi connectivity index (χ3v) is 3.75. The first-order chi connectivity index (χ1) is 8.91. The van der Waals surface area contributed by atoms with Gasteiger partial charge in [-0.1, -0.05) is 37.3 Å². The Kier molecular flexibility index (Phi) is 3.60. The minimum Gasteiger partial charge on any atom is -0.369 e. The maximum Gasteiger partial charge on any atom is 0.231 e. The Morgan fingerprint density at radius 2 is 2.05 bits per heavy atom. The molecule has 1 unspecified atom stereocenters. The van der Waals surface area contributed by atoms with Crippen LogP contribution in [0.1, 0.15) is 38.2 Å². The van der Waals surface area contributed by atoms with E-state index < -0.39 is 5.54 Å². The summed E-state index contributed by atoms with van der Waals surface area (Å²) in [5.41, 5.74) is 6.68. The molecular formula is C15H21N3O. The van der Waals surface area contributed by atoms with Crippen molar-refractivity contribution >= 4 is 11.9 Å². The summed E-state index contributed by atoms with van der Waals surface area (Å²) in [6.45, 7) is 4.17. The lowest BCUT2D eigenvalue weighted by Gasteiger charge is -2.35. The van der Waals surface area contributed by atoms with Crippen molar-refractivity contribution in [2.45, 2.75) is 38.1 Å². The van der Waals surface area contributed by atoms with Gasteiger partial charge in [0.05, 0.1) is 12.0 Å². The number of benzene rings is 1. The minimum absolute atomic E-state index is 0.0373. The van der Waals surface area contributed by atoms with Gasteiger partial charge < -0.3 is 5.73 Å². The molecule has 1 aliphatic heterocycles. The standard InChI is InChI=1S/C15H21N3O/c1-11(12-7-5-4-6-8-12)9-15(2)10-13(19)18(3)14(16)17-15/h4-8,11H,9-10H2,1-3H3,(H2,16,17)/t11?,15-/m1/s1. The minimum atomic E-state index is -0.400. The first kappa shape index (κ1) is 13.6. The Bertz CT molecular complexity index is 497. The number of hydrogen-bond acceptors (Lipinski definition) is 3. The van der Waals surface area contributed by atoms with Crippen LogP contribution in [-0.2, 0) is 4.79 Å². The summed E-state index contributed by atoms with van der Waals surface area (Å²) >= 11 is 0. The van der Waals surface area contributed by atoms with Crippen LogP contribution in [0.4, 0.5) is 0 Å². The molecule has 0 saturated heterocycles. The van der Waals surface area contributed by atoms with Gasteiger partial charge in [0.2, 0.25) is 5.91 Å². The van der Waals surface area contributed by atoms with Crippen molar-refractivity contribution in [2.75, 3.05) is 7.05 Å². The first-order valence-corrected chi connectivity index (χ1v) is 6.58. The Hall–Kier alpha value is -1.84. The van der Waals surface area contributed by atoms with Crippen LogP contribution in [0.5, 0.6) is 0 Å². The third kappa shape index (κ3) is 2.95. The van der Waals surface area contributed by atoms with Crippen molar-refractivity contribution in [3.63, 3.8) is 0 Å². The normalized spacial score (nSPS) is 25.1. The van der Waals surface area contributed by atoms with E-state index in [1.165, 1.54) is 10.5 Å². The molecule has 0 saturated carbocycles. The molecule has 1 aromatic carbocycles. The van der Waals surface area contributed by atoms with Crippen LogP contribution >= 0.6 is 0 Å². The van der Waals surface area contributed by atoms with Gasteiger partial charge in [-0.3, -0.25) is 9.69 Å². The van der Waals surface area contributed by atoms with Crippen LogP contribution in [-0.4, -0.2) is 29.4 Å². The second kappa shape index (κ2) is 5.03. The number of amides is 1. The zero-order valence-corrected chi connectivity index (χ0v) is 11.8. The van der Waals surface area contributed by atoms with Gasteiger partial charge in [-0.2, -0.15) is 0 Å². The van der Waals surface area contributed by atoms with E-state index in [0.29, 0.717) is 18.3 Å². The number of carbonyl (C=O) groups is 1. The predicted molar refractivity (Wildman–Crippen MR) is 76.9 cm³/mol. The molecule has 1 heterocycles. The van der Waals surface area contributed by atoms with Crippen LogP contribution in [0.3, 0.4) is 0 Å². The number of nitrogens with two attached hydrogens (primary N) is 1. The number of hydrogen-bond donors (Lipinski definition) is 1. The van der Waals surface area contributed by atoms with Gasteiger partial charge in [-0.15, -0.1) is 0 Å². The lowest BCUT2D eigenvalue weighted by molar-refractivity contribution is -0.128. The molecular weight excluding hydrogens is 238 g/mol. The van der Waals surface area contributed by atoms with Gasteiger partial charge in [0.15, 0.2) is 5.96 Å². The Morgan fingerprint density at radius 3 is 2.63 bits per heavy atom. The Morgan fingerprint density at radius 1 is 1.42 bits per heavy atom. The monoisotopic (exact) mass is 259 g/mol. The van der Waals surface area contributed by atoms with E-state index in [1.54, 1.807) is 7.05 Å². The summed E-state index contributed by atoms with van der Waals surface area (Å²) < 4.78 is 0. The highest BCUT2D eigenvalue weighted by Gasteiger charge is 2.35. The SMILES string of the molecule is CC(C[C@]1(C)CC(=O)N(C)C(N)=N1)c1ccccc1. The Balaban J connectivity index is 2.16. The molecule has 1 aliphatic rings. The zero-order chi connectivity index (χ0) is 14.0. The molecule has 0 radical (unpaired) electrons. The fourth-order valence-corrected chi connectivity index (χ4v) is 2.64. The number of carbonyl (C=O) groups excluding carboxylic acids is 1. The molecule has 4 heteroatoms. The molecule has 2 N–H and O–H groups in total. The molecule has 0 fully saturated rings. The van der Waals surface area contributed by atoms with Crippen LogP contribution in [0, 0.1) is 0 Å². The van der Waals surface area contributed by atoms with E-state index in [1.807, 2.05) is 25.1 Å². The topological polar surface area (TPSA) is 58.7 Å². The first-order valence-electron chi connectivity index (χ1n) is 6.58. The van der Waals surface area contributed by atoms with Gasteiger partial charge in [0.1, 0.15) is 0 Å². The van der Waals surface area contributed by atoms with E-state index in [-0.39, 0.29) is 5.91 Å². The van der Waals surface area contributed by atoms with Gasteiger partial charge >= 0.3 is 0 Å². The predicted octanol–water partition coefficient (Wildman–Crippen LogP) is 2.12. The average Bonchev–Trinajstić information content (AvgIpc) is 2.36. The number of guanidine groups is 1. The molecule has 1 aromatic rings. The van der Waals surface area contributed by atoms with Gasteiger partial charge in [-0.25, -0.2) is 4.99 Å². The van der Waals surface area contributed by atoms with Crippen LogP contribution in [0.25, 0.3) is 0 Å². The summed E-state index contributed by atoms with van der Waals surface area (Å²) in [5.74, 6) is 0.702. The molecule has 0 aliphatic carbocycles. The molecule has 2 atom stereocenters. The third-order valence-electron chi connectivity index (χ3n) is 3.75. The van der Waals surface area contributed by atoms with E-state index >= 15 is 0 Å². The van der Waals surface area contributed by atoms with Crippen molar-refractivity contribution in [1.82, 2.24) is 4.90 Å². The quantitative estimate of drug-likeness (QED) is 0.903. The lowest BCUT2D eigenvalue weighted by atomic mass is 9.83. The largest absolute Gasteiger partial charge is 0.369 e. The molecule has 102 valence electrons. The highest BCUT2D eigenvalue weighted by molar-refractivity contribution is 5.98. The second-order valence-corrected chi connectivity index (χ2v) is 5.61. The lowest BCUT2D eigenvalue weighted by Crippen LogP contribution is -2.48. The second-order valence-electron chi connectivity index (χ2n) is 5.61. The van der Waals surface area contributed by atoms with Crippen molar-refractivity contribution < 1.29 is 4.79 Å². The molecule has 4 nitrogen and oxygen atoms in total. The summed E-state index contributed by atoms with van der Waals surface area (Å²) in [7, 11) is 1.67. The number of nitrogens with zero attached hydrogens (tertiary/aromatic N) is 2. The molecule has 19 heavy (non-hydrogen) atoms. The van der Waals surface area contributed by atoms with Crippen molar-refractivity contribution in [1.29, 1.82) is 0 Å². The van der Waals surface area contributed by atoms with E-state index in [0.717, 1.165) is 6.42 Å². The maximum absolute atomic E-state index is 11.9.